The van der Waals surface area contributed by atoms with Crippen LogP contribution >= 0.6 is 0 Å². The Balaban J connectivity index is 1.28. The SMILES string of the molecule is COc1ccc(/C=C2\C(=O)NC(=O)N(c3ccc(C45CC6CC(CC(C6)C4)C5)cc3)C2=O)cc1C. The minimum absolute atomic E-state index is 0.0701. The molecule has 0 radical (unpaired) electrons. The molecule has 4 bridgehead atoms. The van der Waals surface area contributed by atoms with E-state index in [-0.39, 0.29) is 11.0 Å². The van der Waals surface area contributed by atoms with Gasteiger partial charge in [-0.1, -0.05) is 18.2 Å². The van der Waals surface area contributed by atoms with Gasteiger partial charge in [-0.2, -0.15) is 0 Å². The van der Waals surface area contributed by atoms with Crippen molar-refractivity contribution < 1.29 is 19.1 Å². The molecule has 180 valence electrons. The number of nitrogens with one attached hydrogen (secondary N) is 1. The molecule has 1 heterocycles. The highest BCUT2D eigenvalue weighted by Gasteiger charge is 2.51. The molecule has 4 amide bonds. The maximum absolute atomic E-state index is 13.3. The number of anilines is 1. The number of carbonyl (C=O) groups excluding carboxylic acids is 3. The lowest BCUT2D eigenvalue weighted by molar-refractivity contribution is -0.122. The quantitative estimate of drug-likeness (QED) is 0.496. The summed E-state index contributed by atoms with van der Waals surface area (Å²) in [4.78, 5) is 39.6. The Morgan fingerprint density at radius 1 is 0.943 bits per heavy atom. The lowest BCUT2D eigenvalue weighted by atomic mass is 9.48. The molecule has 2 aromatic carbocycles. The van der Waals surface area contributed by atoms with E-state index in [9.17, 15) is 14.4 Å². The topological polar surface area (TPSA) is 75.7 Å². The molecule has 0 aromatic heterocycles. The van der Waals surface area contributed by atoms with Gasteiger partial charge in [0.1, 0.15) is 11.3 Å². The van der Waals surface area contributed by atoms with E-state index >= 15 is 0 Å². The Kier molecular flexibility index (Phi) is 5.09. The van der Waals surface area contributed by atoms with Crippen LogP contribution in [0, 0.1) is 24.7 Å². The van der Waals surface area contributed by atoms with Crippen molar-refractivity contribution in [3.63, 3.8) is 0 Å². The van der Waals surface area contributed by atoms with Gasteiger partial charge in [0, 0.05) is 0 Å². The number of rotatable bonds is 4. The van der Waals surface area contributed by atoms with Gasteiger partial charge in [-0.3, -0.25) is 14.9 Å². The summed E-state index contributed by atoms with van der Waals surface area (Å²) in [6.45, 7) is 1.89. The molecule has 0 unspecified atom stereocenters. The minimum Gasteiger partial charge on any atom is -0.496 e. The van der Waals surface area contributed by atoms with Crippen molar-refractivity contribution >= 4 is 29.6 Å². The summed E-state index contributed by atoms with van der Waals surface area (Å²) in [5.41, 5.74) is 3.55. The number of carbonyl (C=O) groups is 3. The van der Waals surface area contributed by atoms with Crippen LogP contribution in [-0.2, 0) is 15.0 Å². The summed E-state index contributed by atoms with van der Waals surface area (Å²) >= 11 is 0. The number of urea groups is 1. The third kappa shape index (κ3) is 3.67. The van der Waals surface area contributed by atoms with Crippen molar-refractivity contribution in [3.8, 4) is 5.75 Å². The zero-order valence-electron chi connectivity index (χ0n) is 20.2. The van der Waals surface area contributed by atoms with Crippen molar-refractivity contribution in [2.24, 2.45) is 17.8 Å². The summed E-state index contributed by atoms with van der Waals surface area (Å²) in [5.74, 6) is 1.95. The lowest BCUT2D eigenvalue weighted by Gasteiger charge is -2.57. The highest BCUT2D eigenvalue weighted by molar-refractivity contribution is 6.39. The Bertz CT molecular complexity index is 1220. The Hall–Kier alpha value is -3.41. The van der Waals surface area contributed by atoms with Gasteiger partial charge in [0.15, 0.2) is 0 Å². The smallest absolute Gasteiger partial charge is 0.335 e. The van der Waals surface area contributed by atoms with E-state index in [0.29, 0.717) is 11.3 Å². The van der Waals surface area contributed by atoms with Gasteiger partial charge in [-0.25, -0.2) is 9.69 Å². The third-order valence-corrected chi connectivity index (χ3v) is 8.61. The summed E-state index contributed by atoms with van der Waals surface area (Å²) < 4.78 is 5.29. The van der Waals surface area contributed by atoms with Gasteiger partial charge in [0.2, 0.25) is 0 Å². The molecule has 6 nitrogen and oxygen atoms in total. The van der Waals surface area contributed by atoms with Gasteiger partial charge in [-0.15, -0.1) is 0 Å². The minimum atomic E-state index is -0.717. The highest BCUT2D eigenvalue weighted by Crippen LogP contribution is 2.60. The molecular weight excluding hydrogens is 440 g/mol. The van der Waals surface area contributed by atoms with Crippen molar-refractivity contribution in [1.82, 2.24) is 5.32 Å². The fraction of sp³-hybridized carbons (Fsp3) is 0.414. The average molecular weight is 471 g/mol. The highest BCUT2D eigenvalue weighted by atomic mass is 16.5. The van der Waals surface area contributed by atoms with E-state index in [1.165, 1.54) is 50.2 Å². The molecule has 35 heavy (non-hydrogen) atoms. The zero-order valence-corrected chi connectivity index (χ0v) is 20.2. The molecule has 0 spiro atoms. The maximum atomic E-state index is 13.3. The molecule has 4 saturated carbocycles. The number of hydrogen-bond donors (Lipinski definition) is 1. The van der Waals surface area contributed by atoms with Crippen molar-refractivity contribution in [2.75, 3.05) is 12.0 Å². The van der Waals surface area contributed by atoms with E-state index < -0.39 is 17.8 Å². The zero-order chi connectivity index (χ0) is 24.3. The van der Waals surface area contributed by atoms with Gasteiger partial charge in [0.05, 0.1) is 12.8 Å². The normalized spacial score (nSPS) is 30.7. The lowest BCUT2D eigenvalue weighted by Crippen LogP contribution is -2.54. The van der Waals surface area contributed by atoms with Crippen molar-refractivity contribution in [1.29, 1.82) is 0 Å². The first kappa shape index (κ1) is 22.1. The summed E-state index contributed by atoms with van der Waals surface area (Å²) in [6.07, 6.45) is 9.44. The predicted molar refractivity (Wildman–Crippen MR) is 133 cm³/mol. The molecule has 5 fully saturated rings. The molecule has 1 aliphatic heterocycles. The molecule has 6 heteroatoms. The molecule has 4 aliphatic carbocycles. The van der Waals surface area contributed by atoms with E-state index in [1.54, 1.807) is 19.2 Å². The van der Waals surface area contributed by atoms with Crippen LogP contribution in [0.5, 0.6) is 5.75 Å². The predicted octanol–water partition coefficient (Wildman–Crippen LogP) is 5.14. The van der Waals surface area contributed by atoms with Crippen LogP contribution in [0.1, 0.15) is 55.2 Å². The summed E-state index contributed by atoms with van der Waals surface area (Å²) in [5, 5.41) is 2.32. The molecule has 5 aliphatic rings. The van der Waals surface area contributed by atoms with E-state index in [4.69, 9.17) is 4.74 Å². The number of benzene rings is 2. The fourth-order valence-electron chi connectivity index (χ4n) is 7.48. The number of aryl methyl sites for hydroxylation is 1. The molecule has 7 rings (SSSR count). The van der Waals surface area contributed by atoms with Crippen LogP contribution in [0.4, 0.5) is 10.5 Å². The number of hydrogen-bond acceptors (Lipinski definition) is 4. The first-order valence-corrected chi connectivity index (χ1v) is 12.5. The summed E-state index contributed by atoms with van der Waals surface area (Å²) in [7, 11) is 1.59. The Morgan fingerprint density at radius 2 is 1.57 bits per heavy atom. The largest absolute Gasteiger partial charge is 0.496 e. The van der Waals surface area contributed by atoms with Crippen LogP contribution in [0.25, 0.3) is 6.08 Å². The van der Waals surface area contributed by atoms with Crippen LogP contribution in [0.2, 0.25) is 0 Å². The molecular formula is C29H30N2O4. The number of methoxy groups -OCH3 is 1. The van der Waals surface area contributed by atoms with Crippen molar-refractivity contribution in [2.45, 2.75) is 50.9 Å². The van der Waals surface area contributed by atoms with E-state index in [2.05, 4.69) is 17.4 Å². The Morgan fingerprint density at radius 3 is 2.14 bits per heavy atom. The number of barbiturate groups is 1. The number of amides is 4. The van der Waals surface area contributed by atoms with Gasteiger partial charge < -0.3 is 4.74 Å². The molecule has 1 N–H and O–H groups in total. The van der Waals surface area contributed by atoms with Gasteiger partial charge in [0.25, 0.3) is 11.8 Å². The standard InChI is InChI=1S/C29H30N2O4/c1-17-9-18(3-8-25(17)35-2)13-24-26(32)30-28(34)31(27(24)33)23-6-4-22(5-7-23)29-14-19-10-20(15-29)12-21(11-19)16-29/h3-9,13,19-21H,10-12,14-16H2,1-2H3,(H,30,32,34)/b24-13+. The van der Waals surface area contributed by atoms with Gasteiger partial charge >= 0.3 is 6.03 Å². The average Bonchev–Trinajstić information content (AvgIpc) is 2.81. The second-order valence-corrected chi connectivity index (χ2v) is 10.9. The third-order valence-electron chi connectivity index (χ3n) is 8.61. The second kappa shape index (κ2) is 8.08. The van der Waals surface area contributed by atoms with Gasteiger partial charge in [-0.05, 0) is 116 Å². The Labute approximate surface area is 205 Å². The molecule has 0 atom stereocenters. The van der Waals surface area contributed by atoms with Crippen molar-refractivity contribution in [3.05, 3.63) is 64.7 Å². The van der Waals surface area contributed by atoms with Crippen LogP contribution in [-0.4, -0.2) is 25.0 Å². The van der Waals surface area contributed by atoms with Crippen LogP contribution in [0.15, 0.2) is 48.0 Å². The van der Waals surface area contributed by atoms with E-state index in [0.717, 1.165) is 34.0 Å². The van der Waals surface area contributed by atoms with E-state index in [1.807, 2.05) is 25.1 Å². The second-order valence-electron chi connectivity index (χ2n) is 10.9. The van der Waals surface area contributed by atoms with Crippen LogP contribution < -0.4 is 15.0 Å². The van der Waals surface area contributed by atoms with Crippen LogP contribution in [0.3, 0.4) is 0 Å². The fourth-order valence-corrected chi connectivity index (χ4v) is 7.48. The first-order valence-electron chi connectivity index (χ1n) is 12.5. The number of ether oxygens (including phenoxy) is 1. The molecule has 1 saturated heterocycles. The first-order chi connectivity index (χ1) is 16.8. The monoisotopic (exact) mass is 470 g/mol. The maximum Gasteiger partial charge on any atom is 0.335 e. The summed E-state index contributed by atoms with van der Waals surface area (Å²) in [6, 6.07) is 12.6. The number of imide groups is 2. The molecule has 2 aromatic rings. The number of nitrogens with zero attached hydrogens (tertiary/aromatic N) is 1.